The number of benzene rings is 1. The van der Waals surface area contributed by atoms with Crippen LogP contribution in [0.2, 0.25) is 0 Å². The quantitative estimate of drug-likeness (QED) is 0.388. The van der Waals surface area contributed by atoms with E-state index < -0.39 is 11.6 Å². The van der Waals surface area contributed by atoms with Gasteiger partial charge in [-0.1, -0.05) is 12.1 Å². The molecule has 1 N–H and O–H groups in total. The molecule has 0 saturated carbocycles. The SMILES string of the molecule is Cc1cc([C@H](C)Nc2ccccc2C(=O)OC(C)(C)C)c2nc(-c3cccnc3)c(C)c(=O)n2c1. The zero-order valence-electron chi connectivity index (χ0n) is 20.9. The van der Waals surface area contributed by atoms with Gasteiger partial charge in [-0.3, -0.25) is 14.2 Å². The summed E-state index contributed by atoms with van der Waals surface area (Å²) >= 11 is 0. The van der Waals surface area contributed by atoms with Crippen LogP contribution in [0.15, 0.2) is 65.8 Å². The van der Waals surface area contributed by atoms with Gasteiger partial charge >= 0.3 is 5.97 Å². The van der Waals surface area contributed by atoms with E-state index >= 15 is 0 Å². The monoisotopic (exact) mass is 470 g/mol. The molecular weight excluding hydrogens is 440 g/mol. The van der Waals surface area contributed by atoms with Gasteiger partial charge in [-0.05, 0) is 77.4 Å². The summed E-state index contributed by atoms with van der Waals surface area (Å²) in [7, 11) is 0. The van der Waals surface area contributed by atoms with Crippen LogP contribution in [0.25, 0.3) is 16.9 Å². The summed E-state index contributed by atoms with van der Waals surface area (Å²) in [5.74, 6) is -0.397. The van der Waals surface area contributed by atoms with Crippen LogP contribution in [0.3, 0.4) is 0 Å². The van der Waals surface area contributed by atoms with Gasteiger partial charge < -0.3 is 10.1 Å². The molecule has 0 aliphatic carbocycles. The van der Waals surface area contributed by atoms with E-state index in [2.05, 4.69) is 10.3 Å². The molecule has 0 aliphatic rings. The molecule has 35 heavy (non-hydrogen) atoms. The molecule has 0 unspecified atom stereocenters. The number of nitrogens with zero attached hydrogens (tertiary/aromatic N) is 3. The minimum absolute atomic E-state index is 0.125. The van der Waals surface area contributed by atoms with Gasteiger partial charge in [0.25, 0.3) is 5.56 Å². The molecule has 4 aromatic rings. The molecule has 3 heterocycles. The summed E-state index contributed by atoms with van der Waals surface area (Å²) in [4.78, 5) is 35.2. The van der Waals surface area contributed by atoms with Crippen molar-refractivity contribution in [3.05, 3.63) is 93.7 Å². The highest BCUT2D eigenvalue weighted by Gasteiger charge is 2.22. The lowest BCUT2D eigenvalue weighted by Gasteiger charge is -2.23. The second-order valence-electron chi connectivity index (χ2n) is 9.71. The molecule has 0 aliphatic heterocycles. The van der Waals surface area contributed by atoms with Gasteiger partial charge in [-0.15, -0.1) is 0 Å². The minimum Gasteiger partial charge on any atom is -0.456 e. The van der Waals surface area contributed by atoms with E-state index in [9.17, 15) is 9.59 Å². The number of rotatable bonds is 5. The number of anilines is 1. The lowest BCUT2D eigenvalue weighted by molar-refractivity contribution is 0.00706. The third-order valence-electron chi connectivity index (χ3n) is 5.63. The Kier molecular flexibility index (Phi) is 6.43. The van der Waals surface area contributed by atoms with Crippen LogP contribution in [0.5, 0.6) is 0 Å². The summed E-state index contributed by atoms with van der Waals surface area (Å²) in [6.45, 7) is 11.2. The molecule has 1 aromatic carbocycles. The predicted octanol–water partition coefficient (Wildman–Crippen LogP) is 5.50. The summed E-state index contributed by atoms with van der Waals surface area (Å²) in [6.07, 6.45) is 5.20. The molecule has 0 radical (unpaired) electrons. The van der Waals surface area contributed by atoms with Gasteiger partial charge in [-0.2, -0.15) is 0 Å². The highest BCUT2D eigenvalue weighted by Crippen LogP contribution is 2.28. The number of pyridine rings is 2. The van der Waals surface area contributed by atoms with Gasteiger partial charge in [0.2, 0.25) is 0 Å². The summed E-state index contributed by atoms with van der Waals surface area (Å²) in [5, 5.41) is 3.44. The fraction of sp³-hybridized carbons (Fsp3) is 0.286. The van der Waals surface area contributed by atoms with Crippen molar-refractivity contribution in [2.45, 2.75) is 53.2 Å². The van der Waals surface area contributed by atoms with Crippen LogP contribution in [0, 0.1) is 13.8 Å². The van der Waals surface area contributed by atoms with Crippen molar-refractivity contribution >= 4 is 17.3 Å². The number of aryl methyl sites for hydroxylation is 1. The Balaban J connectivity index is 1.81. The molecule has 0 bridgehead atoms. The number of fused-ring (bicyclic) bond motifs is 1. The minimum atomic E-state index is -0.603. The number of nitrogens with one attached hydrogen (secondary N) is 1. The van der Waals surface area contributed by atoms with Gasteiger partial charge in [-0.25, -0.2) is 9.78 Å². The second kappa shape index (κ2) is 9.33. The second-order valence-corrected chi connectivity index (χ2v) is 9.71. The maximum absolute atomic E-state index is 13.3. The Labute approximate surface area is 204 Å². The molecule has 7 heteroatoms. The smallest absolute Gasteiger partial charge is 0.340 e. The number of carbonyl (C=O) groups is 1. The zero-order valence-corrected chi connectivity index (χ0v) is 20.9. The maximum Gasteiger partial charge on any atom is 0.340 e. The summed E-state index contributed by atoms with van der Waals surface area (Å²) in [6, 6.07) is 12.7. The largest absolute Gasteiger partial charge is 0.456 e. The van der Waals surface area contributed by atoms with Crippen LogP contribution >= 0.6 is 0 Å². The van der Waals surface area contributed by atoms with Crippen LogP contribution in [0.4, 0.5) is 5.69 Å². The number of aromatic nitrogens is 3. The fourth-order valence-electron chi connectivity index (χ4n) is 4.03. The average Bonchev–Trinajstić information content (AvgIpc) is 2.81. The van der Waals surface area contributed by atoms with E-state index in [1.807, 2.05) is 65.0 Å². The number of para-hydroxylation sites is 1. The van der Waals surface area contributed by atoms with E-state index in [1.165, 1.54) is 0 Å². The van der Waals surface area contributed by atoms with E-state index in [4.69, 9.17) is 9.72 Å². The molecule has 180 valence electrons. The molecule has 7 nitrogen and oxygen atoms in total. The van der Waals surface area contributed by atoms with Crippen molar-refractivity contribution in [2.24, 2.45) is 0 Å². The molecule has 3 aromatic heterocycles. The third kappa shape index (κ3) is 5.09. The fourth-order valence-corrected chi connectivity index (χ4v) is 4.03. The van der Waals surface area contributed by atoms with Gasteiger partial charge in [0.05, 0.1) is 17.3 Å². The molecule has 0 amide bonds. The Morgan fingerprint density at radius 3 is 2.54 bits per heavy atom. The van der Waals surface area contributed by atoms with Gasteiger partial charge in [0.1, 0.15) is 11.2 Å². The third-order valence-corrected chi connectivity index (χ3v) is 5.63. The van der Waals surface area contributed by atoms with E-state index in [1.54, 1.807) is 42.0 Å². The summed E-state index contributed by atoms with van der Waals surface area (Å²) < 4.78 is 7.19. The predicted molar refractivity (Wildman–Crippen MR) is 138 cm³/mol. The number of ether oxygens (including phenoxy) is 1. The van der Waals surface area contributed by atoms with Crippen molar-refractivity contribution in [1.82, 2.24) is 14.4 Å². The normalized spacial score (nSPS) is 12.4. The number of hydrogen-bond donors (Lipinski definition) is 1. The Morgan fingerprint density at radius 2 is 1.86 bits per heavy atom. The van der Waals surface area contributed by atoms with E-state index in [-0.39, 0.29) is 11.6 Å². The van der Waals surface area contributed by atoms with Crippen LogP contribution in [-0.2, 0) is 4.74 Å². The lowest BCUT2D eigenvalue weighted by atomic mass is 10.0. The van der Waals surface area contributed by atoms with Crippen LogP contribution < -0.4 is 10.9 Å². The van der Waals surface area contributed by atoms with Crippen LogP contribution in [0.1, 0.15) is 60.8 Å². The topological polar surface area (TPSA) is 85.6 Å². The lowest BCUT2D eigenvalue weighted by Crippen LogP contribution is -2.25. The molecule has 0 fully saturated rings. The van der Waals surface area contributed by atoms with E-state index in [0.29, 0.717) is 28.2 Å². The molecular formula is C28H30N4O3. The first kappa shape index (κ1) is 24.1. The number of esters is 1. The highest BCUT2D eigenvalue weighted by molar-refractivity contribution is 5.96. The Bertz CT molecular complexity index is 1450. The number of carbonyl (C=O) groups excluding carboxylic acids is 1. The Morgan fingerprint density at radius 1 is 1.11 bits per heavy atom. The van der Waals surface area contributed by atoms with Crippen molar-refractivity contribution in [3.63, 3.8) is 0 Å². The molecule has 0 spiro atoms. The Hall–Kier alpha value is -4.00. The van der Waals surface area contributed by atoms with Crippen molar-refractivity contribution in [2.75, 3.05) is 5.32 Å². The first-order valence-electron chi connectivity index (χ1n) is 11.6. The van der Waals surface area contributed by atoms with Crippen molar-refractivity contribution in [1.29, 1.82) is 0 Å². The standard InChI is InChI=1S/C28H30N4O3/c1-17-14-22(19(3)30-23-12-8-7-11-21(23)27(34)35-28(4,5)6)25-31-24(20-10-9-13-29-15-20)18(2)26(33)32(25)16-17/h7-16,19,30H,1-6H3/t19-/m0/s1. The zero-order chi connectivity index (χ0) is 25.3. The highest BCUT2D eigenvalue weighted by atomic mass is 16.6. The first-order valence-corrected chi connectivity index (χ1v) is 11.6. The van der Waals surface area contributed by atoms with Crippen molar-refractivity contribution in [3.8, 4) is 11.3 Å². The first-order chi connectivity index (χ1) is 16.5. The summed E-state index contributed by atoms with van der Waals surface area (Å²) in [5.41, 5.74) is 4.64. The molecule has 4 rings (SSSR count). The van der Waals surface area contributed by atoms with Crippen LogP contribution in [-0.4, -0.2) is 25.9 Å². The van der Waals surface area contributed by atoms with E-state index in [0.717, 1.165) is 16.7 Å². The van der Waals surface area contributed by atoms with Gasteiger partial charge in [0, 0.05) is 41.0 Å². The molecule has 1 atom stereocenters. The average molecular weight is 471 g/mol. The van der Waals surface area contributed by atoms with Gasteiger partial charge in [0.15, 0.2) is 0 Å². The van der Waals surface area contributed by atoms with Crippen molar-refractivity contribution < 1.29 is 9.53 Å². The molecule has 0 saturated heterocycles. The maximum atomic E-state index is 13.3. The number of hydrogen-bond acceptors (Lipinski definition) is 6.